The summed E-state index contributed by atoms with van der Waals surface area (Å²) in [5.41, 5.74) is 0.527. The fraction of sp³-hybridized carbons (Fsp3) is 0.333. The quantitative estimate of drug-likeness (QED) is 0.755. The largest absolute Gasteiger partial charge is 0.478 e. The summed E-state index contributed by atoms with van der Waals surface area (Å²) in [6.45, 7) is 0.503. The van der Waals surface area contributed by atoms with Gasteiger partial charge < -0.3 is 10.0 Å². The van der Waals surface area contributed by atoms with Crippen LogP contribution in [0, 0.1) is 5.92 Å². The molecule has 4 nitrogen and oxygen atoms in total. The van der Waals surface area contributed by atoms with Gasteiger partial charge in [0, 0.05) is 21.9 Å². The molecule has 0 radical (unpaired) electrons. The fourth-order valence-electron chi connectivity index (χ4n) is 2.12. The van der Waals surface area contributed by atoms with Gasteiger partial charge in [-0.05, 0) is 39.7 Å². The highest BCUT2D eigenvalue weighted by molar-refractivity contribution is 9.11. The first-order valence-electron chi connectivity index (χ1n) is 5.57. The Labute approximate surface area is 132 Å². The van der Waals surface area contributed by atoms with Crippen LogP contribution in [-0.2, 0) is 4.79 Å². The lowest BCUT2D eigenvalue weighted by Crippen LogP contribution is -2.27. The van der Waals surface area contributed by atoms with E-state index in [2.05, 4.69) is 44.5 Å². The molecule has 1 saturated heterocycles. The van der Waals surface area contributed by atoms with Gasteiger partial charge >= 0.3 is 5.97 Å². The third-order valence-corrected chi connectivity index (χ3v) is 4.57. The molecule has 2 rings (SSSR count). The minimum absolute atomic E-state index is 0.0652. The molecule has 102 valence electrons. The van der Waals surface area contributed by atoms with Gasteiger partial charge in [-0.15, -0.1) is 0 Å². The molecule has 0 aromatic heterocycles. The number of hydrogen-bond acceptors (Lipinski definition) is 3. The van der Waals surface area contributed by atoms with E-state index in [-0.39, 0.29) is 17.4 Å². The molecule has 0 saturated carbocycles. The van der Waals surface area contributed by atoms with Crippen molar-refractivity contribution in [2.75, 3.05) is 17.2 Å². The first-order chi connectivity index (χ1) is 8.93. The van der Waals surface area contributed by atoms with Crippen molar-refractivity contribution in [1.82, 2.24) is 0 Å². The molecule has 0 spiro atoms. The van der Waals surface area contributed by atoms with Gasteiger partial charge in [-0.2, -0.15) is 12.6 Å². The van der Waals surface area contributed by atoms with Crippen LogP contribution in [0.3, 0.4) is 0 Å². The second-order valence-corrected chi connectivity index (χ2v) is 6.48. The third kappa shape index (κ3) is 2.98. The highest BCUT2D eigenvalue weighted by Crippen LogP contribution is 2.37. The van der Waals surface area contributed by atoms with Gasteiger partial charge in [-0.3, -0.25) is 4.79 Å². The number of carbonyl (C=O) groups is 2. The van der Waals surface area contributed by atoms with Crippen LogP contribution in [0.15, 0.2) is 21.1 Å². The fourth-order valence-corrected chi connectivity index (χ4v) is 3.81. The normalized spacial score (nSPS) is 19.0. The SMILES string of the molecule is O=C(O)c1cc(Br)cc(Br)c1N1CC(CS)CC1=O. The zero-order valence-electron chi connectivity index (χ0n) is 9.77. The van der Waals surface area contributed by atoms with Crippen molar-refractivity contribution in [2.45, 2.75) is 6.42 Å². The molecule has 7 heteroatoms. The predicted molar refractivity (Wildman–Crippen MR) is 83.1 cm³/mol. The van der Waals surface area contributed by atoms with Crippen molar-refractivity contribution in [1.29, 1.82) is 0 Å². The third-order valence-electron chi connectivity index (χ3n) is 2.99. The monoisotopic (exact) mass is 407 g/mol. The molecular formula is C12H11Br2NO3S. The molecule has 1 fully saturated rings. The van der Waals surface area contributed by atoms with E-state index >= 15 is 0 Å². The van der Waals surface area contributed by atoms with E-state index in [0.717, 1.165) is 0 Å². The molecule has 1 aliphatic rings. The first-order valence-corrected chi connectivity index (χ1v) is 7.79. The van der Waals surface area contributed by atoms with Gasteiger partial charge in [-0.25, -0.2) is 4.79 Å². The van der Waals surface area contributed by atoms with Crippen molar-refractivity contribution >= 4 is 62.1 Å². The van der Waals surface area contributed by atoms with Crippen molar-refractivity contribution in [3.05, 3.63) is 26.6 Å². The topological polar surface area (TPSA) is 57.6 Å². The average molecular weight is 409 g/mol. The number of hydrogen-bond donors (Lipinski definition) is 2. The number of carboxylic acid groups (broad SMARTS) is 1. The molecule has 1 atom stereocenters. The molecule has 1 N–H and O–H groups in total. The van der Waals surface area contributed by atoms with E-state index in [9.17, 15) is 14.7 Å². The van der Waals surface area contributed by atoms with Crippen LogP contribution < -0.4 is 4.90 Å². The van der Waals surface area contributed by atoms with Crippen LogP contribution in [0.2, 0.25) is 0 Å². The summed E-state index contributed by atoms with van der Waals surface area (Å²) in [5, 5.41) is 9.29. The highest BCUT2D eigenvalue weighted by atomic mass is 79.9. The zero-order valence-corrected chi connectivity index (χ0v) is 13.8. The van der Waals surface area contributed by atoms with Crippen LogP contribution in [0.25, 0.3) is 0 Å². The Morgan fingerprint density at radius 3 is 2.68 bits per heavy atom. The van der Waals surface area contributed by atoms with E-state index in [1.165, 1.54) is 11.0 Å². The van der Waals surface area contributed by atoms with Crippen molar-refractivity contribution in [3.8, 4) is 0 Å². The molecule has 1 heterocycles. The summed E-state index contributed by atoms with van der Waals surface area (Å²) in [5.74, 6) is -0.351. The number of anilines is 1. The van der Waals surface area contributed by atoms with Crippen LogP contribution >= 0.6 is 44.5 Å². The van der Waals surface area contributed by atoms with Crippen LogP contribution in [0.1, 0.15) is 16.8 Å². The van der Waals surface area contributed by atoms with Gasteiger partial charge in [0.1, 0.15) is 0 Å². The molecule has 1 aliphatic heterocycles. The van der Waals surface area contributed by atoms with E-state index in [1.54, 1.807) is 6.07 Å². The molecule has 1 aromatic rings. The zero-order chi connectivity index (χ0) is 14.2. The second kappa shape index (κ2) is 5.85. The van der Waals surface area contributed by atoms with Crippen molar-refractivity contribution in [2.24, 2.45) is 5.92 Å². The molecular weight excluding hydrogens is 398 g/mol. The number of carboxylic acids is 1. The number of thiol groups is 1. The summed E-state index contributed by atoms with van der Waals surface area (Å²) in [6, 6.07) is 3.24. The van der Waals surface area contributed by atoms with Gasteiger partial charge in [-0.1, -0.05) is 15.9 Å². The Kier molecular flexibility index (Phi) is 4.58. The lowest BCUT2D eigenvalue weighted by molar-refractivity contribution is -0.117. The molecule has 1 unspecified atom stereocenters. The van der Waals surface area contributed by atoms with Crippen molar-refractivity contribution < 1.29 is 14.7 Å². The second-order valence-electron chi connectivity index (χ2n) is 4.35. The number of halogens is 2. The number of benzene rings is 1. The lowest BCUT2D eigenvalue weighted by atomic mass is 10.1. The summed E-state index contributed by atoms with van der Waals surface area (Å²) >= 11 is 10.8. The summed E-state index contributed by atoms with van der Waals surface area (Å²) in [6.07, 6.45) is 0.408. The highest BCUT2D eigenvalue weighted by Gasteiger charge is 2.33. The Morgan fingerprint density at radius 2 is 2.16 bits per heavy atom. The summed E-state index contributed by atoms with van der Waals surface area (Å²) in [7, 11) is 0. The number of rotatable bonds is 3. The van der Waals surface area contributed by atoms with Crippen LogP contribution in [-0.4, -0.2) is 29.3 Å². The van der Waals surface area contributed by atoms with Gasteiger partial charge in [0.05, 0.1) is 11.3 Å². The maximum Gasteiger partial charge on any atom is 0.337 e. The average Bonchev–Trinajstić information content (AvgIpc) is 2.69. The maximum absolute atomic E-state index is 12.0. The molecule has 1 amide bonds. The van der Waals surface area contributed by atoms with Gasteiger partial charge in [0.2, 0.25) is 5.91 Å². The number of aromatic carboxylic acids is 1. The molecule has 19 heavy (non-hydrogen) atoms. The Balaban J connectivity index is 2.50. The first kappa shape index (κ1) is 14.9. The number of amides is 1. The van der Waals surface area contributed by atoms with Gasteiger partial charge in [0.15, 0.2) is 0 Å². The maximum atomic E-state index is 12.0. The van der Waals surface area contributed by atoms with E-state index < -0.39 is 5.97 Å². The standard InChI is InChI=1S/C12H11Br2NO3S/c13-7-2-8(12(17)18)11(9(14)3-7)15-4-6(5-19)1-10(15)16/h2-3,6,19H,1,4-5H2,(H,17,18). The Bertz CT molecular complexity index is 550. The number of carbonyl (C=O) groups excluding carboxylic acids is 1. The van der Waals surface area contributed by atoms with Crippen LogP contribution in [0.5, 0.6) is 0 Å². The molecule has 0 aliphatic carbocycles. The van der Waals surface area contributed by atoms with E-state index in [1.807, 2.05) is 0 Å². The van der Waals surface area contributed by atoms with E-state index in [4.69, 9.17) is 0 Å². The van der Waals surface area contributed by atoms with E-state index in [0.29, 0.717) is 33.4 Å². The van der Waals surface area contributed by atoms with Gasteiger partial charge in [0.25, 0.3) is 0 Å². The van der Waals surface area contributed by atoms with Crippen LogP contribution in [0.4, 0.5) is 5.69 Å². The Hall–Kier alpha value is -0.530. The summed E-state index contributed by atoms with van der Waals surface area (Å²) < 4.78 is 1.24. The predicted octanol–water partition coefficient (Wildman–Crippen LogP) is 3.19. The Morgan fingerprint density at radius 1 is 1.47 bits per heavy atom. The molecule has 0 bridgehead atoms. The minimum atomic E-state index is -1.06. The smallest absolute Gasteiger partial charge is 0.337 e. The minimum Gasteiger partial charge on any atom is -0.478 e. The van der Waals surface area contributed by atoms with Crippen molar-refractivity contribution in [3.63, 3.8) is 0 Å². The lowest BCUT2D eigenvalue weighted by Gasteiger charge is -2.20. The molecule has 1 aromatic carbocycles. The number of nitrogens with zero attached hydrogens (tertiary/aromatic N) is 1. The summed E-state index contributed by atoms with van der Waals surface area (Å²) in [4.78, 5) is 24.9.